The zero-order valence-electron chi connectivity index (χ0n) is 15.0. The van der Waals surface area contributed by atoms with Crippen LogP contribution in [0.25, 0.3) is 0 Å². The van der Waals surface area contributed by atoms with Gasteiger partial charge in [-0.05, 0) is 65.2 Å². The van der Waals surface area contributed by atoms with Gasteiger partial charge in [-0.25, -0.2) is 0 Å². The van der Waals surface area contributed by atoms with Crippen molar-refractivity contribution in [2.75, 3.05) is 0 Å². The summed E-state index contributed by atoms with van der Waals surface area (Å²) in [5.41, 5.74) is 1.28. The van der Waals surface area contributed by atoms with Gasteiger partial charge in [0.15, 0.2) is 0 Å². The molecular weight excluding hydrogens is 304 g/mol. The highest BCUT2D eigenvalue weighted by Crippen LogP contribution is 2.54. The molecule has 2 atom stereocenters. The van der Waals surface area contributed by atoms with E-state index < -0.39 is 11.4 Å². The molecule has 1 aromatic rings. The standard InChI is InChI=1S/C20H26O4/c1-11-6-7-14-13(8-11)17-15(21)9-12(19(2,3)18(22)23)10-16(17)24-20(14,4)5/h6,9-10,13-14,21H,7-8H2,1-5H3,(H,22,23)/t13-,14+/m1/s1. The van der Waals surface area contributed by atoms with Crippen LogP contribution in [0, 0.1) is 5.92 Å². The molecule has 0 bridgehead atoms. The predicted octanol–water partition coefficient (Wildman–Crippen LogP) is 4.37. The average molecular weight is 330 g/mol. The number of hydrogen-bond donors (Lipinski definition) is 2. The van der Waals surface area contributed by atoms with Crippen LogP contribution >= 0.6 is 0 Å². The molecule has 0 radical (unpaired) electrons. The zero-order chi connectivity index (χ0) is 17.9. The van der Waals surface area contributed by atoms with Gasteiger partial charge in [0, 0.05) is 17.4 Å². The fourth-order valence-corrected chi connectivity index (χ4v) is 4.05. The summed E-state index contributed by atoms with van der Waals surface area (Å²) in [4.78, 5) is 11.6. The summed E-state index contributed by atoms with van der Waals surface area (Å²) in [5.74, 6) is 0.359. The van der Waals surface area contributed by atoms with Crippen molar-refractivity contribution in [3.05, 3.63) is 34.9 Å². The van der Waals surface area contributed by atoms with Crippen molar-refractivity contribution in [1.29, 1.82) is 0 Å². The molecule has 4 heteroatoms. The summed E-state index contributed by atoms with van der Waals surface area (Å²) >= 11 is 0. The van der Waals surface area contributed by atoms with E-state index in [1.807, 2.05) is 0 Å². The lowest BCUT2D eigenvalue weighted by Crippen LogP contribution is -2.45. The molecule has 0 fully saturated rings. The number of fused-ring (bicyclic) bond motifs is 3. The quantitative estimate of drug-likeness (QED) is 0.790. The minimum atomic E-state index is -1.08. The van der Waals surface area contributed by atoms with Crippen LogP contribution in [-0.2, 0) is 10.2 Å². The maximum atomic E-state index is 11.6. The number of ether oxygens (including phenoxy) is 1. The molecule has 1 aliphatic carbocycles. The number of carboxylic acid groups (broad SMARTS) is 1. The number of benzene rings is 1. The number of aromatic hydroxyl groups is 1. The number of aliphatic carboxylic acids is 1. The summed E-state index contributed by atoms with van der Waals surface area (Å²) in [6.07, 6.45) is 4.10. The highest BCUT2D eigenvalue weighted by atomic mass is 16.5. The zero-order valence-corrected chi connectivity index (χ0v) is 15.0. The fraction of sp³-hybridized carbons (Fsp3) is 0.550. The largest absolute Gasteiger partial charge is 0.508 e. The monoisotopic (exact) mass is 330 g/mol. The highest BCUT2D eigenvalue weighted by molar-refractivity contribution is 5.81. The molecule has 1 aromatic carbocycles. The minimum Gasteiger partial charge on any atom is -0.508 e. The third-order valence-electron chi connectivity index (χ3n) is 5.76. The average Bonchev–Trinajstić information content (AvgIpc) is 2.45. The Kier molecular flexibility index (Phi) is 3.70. The maximum absolute atomic E-state index is 11.6. The van der Waals surface area contributed by atoms with Gasteiger partial charge in [-0.3, -0.25) is 4.79 Å². The number of rotatable bonds is 2. The SMILES string of the molecule is CC1=CC[C@H]2[C@@H](C1)c1c(O)cc(C(C)(C)C(=O)O)cc1OC2(C)C. The number of phenolic OH excluding ortho intramolecular Hbond substituents is 1. The molecule has 130 valence electrons. The first-order chi connectivity index (χ1) is 11.0. The van der Waals surface area contributed by atoms with E-state index >= 15 is 0 Å². The fourth-order valence-electron chi connectivity index (χ4n) is 4.05. The second-order valence-electron chi connectivity index (χ2n) is 8.25. The van der Waals surface area contributed by atoms with Crippen molar-refractivity contribution < 1.29 is 19.7 Å². The van der Waals surface area contributed by atoms with Crippen LogP contribution in [-0.4, -0.2) is 21.8 Å². The topological polar surface area (TPSA) is 66.8 Å². The van der Waals surface area contributed by atoms with E-state index in [0.717, 1.165) is 18.4 Å². The molecule has 24 heavy (non-hydrogen) atoms. The first-order valence-corrected chi connectivity index (χ1v) is 8.49. The molecule has 2 aliphatic rings. The molecule has 2 N–H and O–H groups in total. The summed E-state index contributed by atoms with van der Waals surface area (Å²) < 4.78 is 6.24. The van der Waals surface area contributed by atoms with E-state index in [0.29, 0.717) is 17.2 Å². The van der Waals surface area contributed by atoms with Gasteiger partial charge in [-0.1, -0.05) is 11.6 Å². The first-order valence-electron chi connectivity index (χ1n) is 8.49. The third kappa shape index (κ3) is 2.48. The molecule has 0 aromatic heterocycles. The Hall–Kier alpha value is -1.97. The van der Waals surface area contributed by atoms with E-state index in [-0.39, 0.29) is 17.3 Å². The minimum absolute atomic E-state index is 0.150. The normalized spacial score (nSPS) is 25.1. The van der Waals surface area contributed by atoms with Gasteiger partial charge in [0.1, 0.15) is 17.1 Å². The van der Waals surface area contributed by atoms with Gasteiger partial charge < -0.3 is 14.9 Å². The van der Waals surface area contributed by atoms with Gasteiger partial charge in [-0.2, -0.15) is 0 Å². The van der Waals surface area contributed by atoms with Crippen molar-refractivity contribution in [2.24, 2.45) is 5.92 Å². The number of allylic oxidation sites excluding steroid dienone is 2. The lowest BCUT2D eigenvalue weighted by molar-refractivity contribution is -0.142. The van der Waals surface area contributed by atoms with Gasteiger partial charge in [0.25, 0.3) is 0 Å². The van der Waals surface area contributed by atoms with Crippen LogP contribution < -0.4 is 4.74 Å². The third-order valence-corrected chi connectivity index (χ3v) is 5.76. The maximum Gasteiger partial charge on any atom is 0.313 e. The number of hydrogen-bond acceptors (Lipinski definition) is 3. The van der Waals surface area contributed by atoms with E-state index in [4.69, 9.17) is 4.74 Å². The lowest BCUT2D eigenvalue weighted by Gasteiger charge is -2.47. The molecule has 1 heterocycles. The van der Waals surface area contributed by atoms with Crippen LogP contribution in [0.3, 0.4) is 0 Å². The highest BCUT2D eigenvalue weighted by Gasteiger charge is 2.46. The van der Waals surface area contributed by atoms with E-state index in [1.165, 1.54) is 5.57 Å². The molecular formula is C20H26O4. The van der Waals surface area contributed by atoms with Crippen molar-refractivity contribution in [2.45, 2.75) is 64.4 Å². The number of phenols is 1. The summed E-state index contributed by atoms with van der Waals surface area (Å²) in [6.45, 7) is 9.56. The molecule has 0 saturated heterocycles. The van der Waals surface area contributed by atoms with Gasteiger partial charge in [0.05, 0.1) is 5.41 Å². The Balaban J connectivity index is 2.16. The Morgan fingerprint density at radius 3 is 2.62 bits per heavy atom. The van der Waals surface area contributed by atoms with Crippen molar-refractivity contribution in [1.82, 2.24) is 0 Å². The molecule has 0 amide bonds. The van der Waals surface area contributed by atoms with Crippen molar-refractivity contribution in [3.8, 4) is 11.5 Å². The molecule has 1 aliphatic heterocycles. The number of carboxylic acids is 1. The molecule has 0 saturated carbocycles. The van der Waals surface area contributed by atoms with Crippen LogP contribution in [0.4, 0.5) is 0 Å². The van der Waals surface area contributed by atoms with Crippen LogP contribution in [0.5, 0.6) is 11.5 Å². The Morgan fingerprint density at radius 1 is 1.33 bits per heavy atom. The molecule has 3 rings (SSSR count). The van der Waals surface area contributed by atoms with Crippen LogP contribution in [0.2, 0.25) is 0 Å². The lowest BCUT2D eigenvalue weighted by atomic mass is 9.67. The van der Waals surface area contributed by atoms with E-state index in [2.05, 4.69) is 26.8 Å². The number of carbonyl (C=O) groups is 1. The summed E-state index contributed by atoms with van der Waals surface area (Å²) in [7, 11) is 0. The van der Waals surface area contributed by atoms with Crippen molar-refractivity contribution >= 4 is 5.97 Å². The molecule has 4 nitrogen and oxygen atoms in total. The first kappa shape index (κ1) is 16.9. The van der Waals surface area contributed by atoms with E-state index in [9.17, 15) is 15.0 Å². The summed E-state index contributed by atoms with van der Waals surface area (Å²) in [6, 6.07) is 3.40. The second-order valence-corrected chi connectivity index (χ2v) is 8.25. The Labute approximate surface area is 143 Å². The summed E-state index contributed by atoms with van der Waals surface area (Å²) in [5, 5.41) is 20.2. The Bertz CT molecular complexity index is 727. The molecule has 0 spiro atoms. The van der Waals surface area contributed by atoms with Gasteiger partial charge >= 0.3 is 5.97 Å². The van der Waals surface area contributed by atoms with Gasteiger partial charge in [0.2, 0.25) is 0 Å². The van der Waals surface area contributed by atoms with Crippen LogP contribution in [0.15, 0.2) is 23.8 Å². The Morgan fingerprint density at radius 2 is 2.00 bits per heavy atom. The smallest absolute Gasteiger partial charge is 0.313 e. The van der Waals surface area contributed by atoms with Crippen molar-refractivity contribution in [3.63, 3.8) is 0 Å². The van der Waals surface area contributed by atoms with Gasteiger partial charge in [-0.15, -0.1) is 0 Å². The van der Waals surface area contributed by atoms with E-state index in [1.54, 1.807) is 26.0 Å². The second kappa shape index (κ2) is 5.27. The predicted molar refractivity (Wildman–Crippen MR) is 92.7 cm³/mol. The molecule has 0 unspecified atom stereocenters. The van der Waals surface area contributed by atoms with Crippen LogP contribution in [0.1, 0.15) is 64.5 Å².